The highest BCUT2D eigenvalue weighted by Crippen LogP contribution is 2.20. The zero-order chi connectivity index (χ0) is 17.8. The maximum Gasteiger partial charge on any atom is 0.263 e. The van der Waals surface area contributed by atoms with Crippen molar-refractivity contribution in [3.8, 4) is 5.75 Å². The standard InChI is InChI=1S/C18H20F2N2O3/c1-13(25-17-5-4-14(19)11-16(17)20)18(23)22-8-6-21(7-9-22)12-15-3-2-10-24-15/h2-5,10-11,13H,6-9,12H2,1H3/t13-/m1/s1. The number of hydrogen-bond donors (Lipinski definition) is 0. The topological polar surface area (TPSA) is 45.9 Å². The highest BCUT2D eigenvalue weighted by molar-refractivity contribution is 5.81. The first-order valence-electron chi connectivity index (χ1n) is 8.18. The van der Waals surface area contributed by atoms with Gasteiger partial charge in [-0.05, 0) is 31.2 Å². The molecule has 0 saturated carbocycles. The summed E-state index contributed by atoms with van der Waals surface area (Å²) in [6.45, 7) is 4.87. The number of hydrogen-bond acceptors (Lipinski definition) is 4. The van der Waals surface area contributed by atoms with E-state index in [9.17, 15) is 13.6 Å². The van der Waals surface area contributed by atoms with Crippen molar-refractivity contribution in [3.05, 3.63) is 54.0 Å². The van der Waals surface area contributed by atoms with Gasteiger partial charge in [0.05, 0.1) is 12.8 Å². The Labute approximate surface area is 144 Å². The van der Waals surface area contributed by atoms with Crippen molar-refractivity contribution in [1.82, 2.24) is 9.80 Å². The van der Waals surface area contributed by atoms with Gasteiger partial charge in [-0.1, -0.05) is 0 Å². The summed E-state index contributed by atoms with van der Waals surface area (Å²) in [6, 6.07) is 6.80. The highest BCUT2D eigenvalue weighted by Gasteiger charge is 2.26. The summed E-state index contributed by atoms with van der Waals surface area (Å²) >= 11 is 0. The number of nitrogens with zero attached hydrogens (tertiary/aromatic N) is 2. The Morgan fingerprint density at radius 3 is 2.64 bits per heavy atom. The summed E-state index contributed by atoms with van der Waals surface area (Å²) in [4.78, 5) is 16.4. The molecule has 25 heavy (non-hydrogen) atoms. The van der Waals surface area contributed by atoms with E-state index in [0.29, 0.717) is 19.6 Å². The third kappa shape index (κ3) is 4.36. The fraction of sp³-hybridized carbons (Fsp3) is 0.389. The molecule has 2 aromatic rings. The van der Waals surface area contributed by atoms with Crippen LogP contribution in [0.1, 0.15) is 12.7 Å². The third-order valence-electron chi connectivity index (χ3n) is 4.19. The van der Waals surface area contributed by atoms with Crippen LogP contribution >= 0.6 is 0 Å². The first kappa shape index (κ1) is 17.4. The number of amides is 1. The SMILES string of the molecule is C[C@@H](Oc1ccc(F)cc1F)C(=O)N1CCN(Cc2ccco2)CC1. The maximum atomic E-state index is 13.6. The summed E-state index contributed by atoms with van der Waals surface area (Å²) in [5.74, 6) is -0.942. The smallest absolute Gasteiger partial charge is 0.263 e. The molecule has 0 unspecified atom stereocenters. The van der Waals surface area contributed by atoms with Crippen LogP contribution in [0.5, 0.6) is 5.75 Å². The molecule has 1 saturated heterocycles. The lowest BCUT2D eigenvalue weighted by molar-refractivity contribution is -0.139. The van der Waals surface area contributed by atoms with Crippen LogP contribution in [-0.4, -0.2) is 48.0 Å². The molecule has 3 rings (SSSR count). The summed E-state index contributed by atoms with van der Waals surface area (Å²) in [7, 11) is 0. The molecule has 2 heterocycles. The van der Waals surface area contributed by atoms with Gasteiger partial charge < -0.3 is 14.1 Å². The van der Waals surface area contributed by atoms with E-state index < -0.39 is 17.7 Å². The Morgan fingerprint density at radius 1 is 1.24 bits per heavy atom. The zero-order valence-electron chi connectivity index (χ0n) is 14.0. The number of rotatable bonds is 5. The van der Waals surface area contributed by atoms with E-state index in [2.05, 4.69) is 4.90 Å². The number of piperazine rings is 1. The Morgan fingerprint density at radius 2 is 2.00 bits per heavy atom. The van der Waals surface area contributed by atoms with Crippen LogP contribution in [0.25, 0.3) is 0 Å². The summed E-state index contributed by atoms with van der Waals surface area (Å²) < 4.78 is 37.3. The van der Waals surface area contributed by atoms with Gasteiger partial charge in [0, 0.05) is 32.2 Å². The van der Waals surface area contributed by atoms with E-state index in [0.717, 1.165) is 31.0 Å². The van der Waals surface area contributed by atoms with Crippen LogP contribution in [0.3, 0.4) is 0 Å². The van der Waals surface area contributed by atoms with Gasteiger partial charge in [-0.25, -0.2) is 8.78 Å². The molecule has 0 spiro atoms. The fourth-order valence-electron chi connectivity index (χ4n) is 2.82. The molecule has 1 aromatic heterocycles. The number of carbonyl (C=O) groups is 1. The maximum absolute atomic E-state index is 13.6. The van der Waals surface area contributed by atoms with Gasteiger partial charge in [0.1, 0.15) is 11.6 Å². The monoisotopic (exact) mass is 350 g/mol. The molecular formula is C18H20F2N2O3. The Bertz CT molecular complexity index is 713. The zero-order valence-corrected chi connectivity index (χ0v) is 14.0. The van der Waals surface area contributed by atoms with Crippen molar-refractivity contribution >= 4 is 5.91 Å². The van der Waals surface area contributed by atoms with Crippen molar-refractivity contribution < 1.29 is 22.7 Å². The summed E-state index contributed by atoms with van der Waals surface area (Å²) in [5, 5.41) is 0. The van der Waals surface area contributed by atoms with Crippen molar-refractivity contribution in [2.45, 2.75) is 19.6 Å². The normalized spacial score (nSPS) is 16.7. The quantitative estimate of drug-likeness (QED) is 0.832. The van der Waals surface area contributed by atoms with Gasteiger partial charge in [0.25, 0.3) is 5.91 Å². The molecule has 5 nitrogen and oxygen atoms in total. The van der Waals surface area contributed by atoms with Crippen LogP contribution in [0.15, 0.2) is 41.0 Å². The van der Waals surface area contributed by atoms with E-state index in [4.69, 9.17) is 9.15 Å². The number of furan rings is 1. The number of carbonyl (C=O) groups excluding carboxylic acids is 1. The van der Waals surface area contributed by atoms with E-state index >= 15 is 0 Å². The van der Waals surface area contributed by atoms with Gasteiger partial charge in [-0.3, -0.25) is 9.69 Å². The number of halogens is 2. The first-order chi connectivity index (χ1) is 12.0. The molecule has 134 valence electrons. The Balaban J connectivity index is 1.51. The summed E-state index contributed by atoms with van der Waals surface area (Å²) in [5.41, 5.74) is 0. The molecular weight excluding hydrogens is 330 g/mol. The predicted molar refractivity (Wildman–Crippen MR) is 87.0 cm³/mol. The minimum Gasteiger partial charge on any atom is -0.478 e. The first-order valence-corrected chi connectivity index (χ1v) is 8.18. The van der Waals surface area contributed by atoms with E-state index in [1.54, 1.807) is 18.1 Å². The van der Waals surface area contributed by atoms with E-state index in [1.807, 2.05) is 12.1 Å². The molecule has 1 amide bonds. The lowest BCUT2D eigenvalue weighted by atomic mass is 10.2. The molecule has 0 N–H and O–H groups in total. The van der Waals surface area contributed by atoms with Gasteiger partial charge in [-0.15, -0.1) is 0 Å². The average Bonchev–Trinajstić information content (AvgIpc) is 3.10. The molecule has 7 heteroatoms. The second kappa shape index (κ2) is 7.65. The Hall–Kier alpha value is -2.41. The van der Waals surface area contributed by atoms with Crippen molar-refractivity contribution in [1.29, 1.82) is 0 Å². The van der Waals surface area contributed by atoms with Gasteiger partial charge in [0.15, 0.2) is 17.7 Å². The van der Waals surface area contributed by atoms with Crippen LogP contribution < -0.4 is 4.74 Å². The minimum absolute atomic E-state index is 0.126. The molecule has 0 aliphatic carbocycles. The Kier molecular flexibility index (Phi) is 5.33. The fourth-order valence-corrected chi connectivity index (χ4v) is 2.82. The lowest BCUT2D eigenvalue weighted by Gasteiger charge is -2.35. The molecule has 0 radical (unpaired) electrons. The lowest BCUT2D eigenvalue weighted by Crippen LogP contribution is -2.51. The predicted octanol–water partition coefficient (Wildman–Crippen LogP) is 2.67. The van der Waals surface area contributed by atoms with Crippen LogP contribution in [-0.2, 0) is 11.3 Å². The molecule has 1 aliphatic rings. The van der Waals surface area contributed by atoms with Gasteiger partial charge >= 0.3 is 0 Å². The van der Waals surface area contributed by atoms with Crippen LogP contribution in [0.4, 0.5) is 8.78 Å². The van der Waals surface area contributed by atoms with Gasteiger partial charge in [-0.2, -0.15) is 0 Å². The highest BCUT2D eigenvalue weighted by atomic mass is 19.1. The van der Waals surface area contributed by atoms with Gasteiger partial charge in [0.2, 0.25) is 0 Å². The van der Waals surface area contributed by atoms with E-state index in [-0.39, 0.29) is 11.7 Å². The van der Waals surface area contributed by atoms with Crippen molar-refractivity contribution in [2.75, 3.05) is 26.2 Å². The largest absolute Gasteiger partial charge is 0.478 e. The second-order valence-corrected chi connectivity index (χ2v) is 6.02. The van der Waals surface area contributed by atoms with Crippen LogP contribution in [0.2, 0.25) is 0 Å². The molecule has 1 aromatic carbocycles. The molecule has 1 atom stereocenters. The summed E-state index contributed by atoms with van der Waals surface area (Å²) in [6.07, 6.45) is 0.805. The van der Waals surface area contributed by atoms with Crippen molar-refractivity contribution in [2.24, 2.45) is 0 Å². The number of ether oxygens (including phenoxy) is 1. The molecule has 1 aliphatic heterocycles. The van der Waals surface area contributed by atoms with E-state index in [1.165, 1.54) is 6.07 Å². The van der Waals surface area contributed by atoms with Crippen LogP contribution in [0, 0.1) is 11.6 Å². The third-order valence-corrected chi connectivity index (χ3v) is 4.19. The number of benzene rings is 1. The van der Waals surface area contributed by atoms with Crippen molar-refractivity contribution in [3.63, 3.8) is 0 Å². The molecule has 1 fully saturated rings. The second-order valence-electron chi connectivity index (χ2n) is 6.02. The average molecular weight is 350 g/mol. The minimum atomic E-state index is -0.836. The molecule has 0 bridgehead atoms.